The van der Waals surface area contributed by atoms with Gasteiger partial charge in [-0.1, -0.05) is 29.5 Å². The van der Waals surface area contributed by atoms with Gasteiger partial charge in [0.25, 0.3) is 5.91 Å². The van der Waals surface area contributed by atoms with Gasteiger partial charge in [-0.3, -0.25) is 10.1 Å². The van der Waals surface area contributed by atoms with Crippen molar-refractivity contribution in [2.24, 2.45) is 0 Å². The molecule has 1 N–H and O–H groups in total. The van der Waals surface area contributed by atoms with Crippen LogP contribution in [0.25, 0.3) is 10.2 Å². The highest BCUT2D eigenvalue weighted by Crippen LogP contribution is 2.29. The van der Waals surface area contributed by atoms with Crippen molar-refractivity contribution in [3.05, 3.63) is 48.5 Å². The number of para-hydroxylation sites is 1. The minimum absolute atomic E-state index is 0.210. The van der Waals surface area contributed by atoms with Crippen molar-refractivity contribution in [1.29, 1.82) is 0 Å². The Kier molecular flexibility index (Phi) is 4.83. The smallest absolute Gasteiger partial charge is 0.266 e. The first kappa shape index (κ1) is 15.8. The second kappa shape index (κ2) is 7.02. The molecule has 0 saturated carbocycles. The van der Waals surface area contributed by atoms with Crippen LogP contribution in [0.3, 0.4) is 0 Å². The Balaban J connectivity index is 1.69. The van der Waals surface area contributed by atoms with Gasteiger partial charge in [0.2, 0.25) is 0 Å². The lowest BCUT2D eigenvalue weighted by Crippen LogP contribution is -2.30. The number of hydrogen-bond donors (Lipinski definition) is 1. The van der Waals surface area contributed by atoms with E-state index in [0.717, 1.165) is 10.2 Å². The van der Waals surface area contributed by atoms with E-state index in [2.05, 4.69) is 16.4 Å². The fourth-order valence-corrected chi connectivity index (χ4v) is 3.47. The van der Waals surface area contributed by atoms with Crippen molar-refractivity contribution < 1.29 is 9.53 Å². The molecule has 0 radical (unpaired) electrons. The largest absolute Gasteiger partial charge is 0.481 e. The molecule has 118 valence electrons. The number of hydrogen-bond acceptors (Lipinski definition) is 5. The molecule has 6 heteroatoms. The molecule has 1 atom stereocenters. The predicted octanol–water partition coefficient (Wildman–Crippen LogP) is 4.42. The van der Waals surface area contributed by atoms with E-state index in [4.69, 9.17) is 4.74 Å². The molecule has 0 fully saturated rings. The lowest BCUT2D eigenvalue weighted by molar-refractivity contribution is -0.122. The number of fused-ring (bicyclic) bond motifs is 1. The maximum absolute atomic E-state index is 12.2. The molecule has 2 aromatic carbocycles. The van der Waals surface area contributed by atoms with Crippen LogP contribution in [0, 0.1) is 0 Å². The fourth-order valence-electron chi connectivity index (χ4n) is 2.05. The summed E-state index contributed by atoms with van der Waals surface area (Å²) in [5.74, 6) is 0.460. The standard InChI is InChI=1S/C17H16N2O2S2/c1-11(21-12-6-4-3-5-7-12)16(20)19-17-18-14-9-8-13(22-2)10-15(14)23-17/h3-11H,1-2H3,(H,18,19,20). The third-order valence-corrected chi connectivity index (χ3v) is 4.91. The van der Waals surface area contributed by atoms with Gasteiger partial charge in [-0.25, -0.2) is 4.98 Å². The number of benzene rings is 2. The lowest BCUT2D eigenvalue weighted by Gasteiger charge is -2.13. The molecular weight excluding hydrogens is 328 g/mol. The van der Waals surface area contributed by atoms with Gasteiger partial charge in [-0.15, -0.1) is 11.8 Å². The van der Waals surface area contributed by atoms with Gasteiger partial charge in [0.05, 0.1) is 10.2 Å². The van der Waals surface area contributed by atoms with E-state index in [1.165, 1.54) is 16.2 Å². The summed E-state index contributed by atoms with van der Waals surface area (Å²) in [6, 6.07) is 15.4. The molecule has 1 amide bonds. The van der Waals surface area contributed by atoms with Crippen LogP contribution >= 0.6 is 23.1 Å². The molecule has 0 spiro atoms. The maximum Gasteiger partial charge on any atom is 0.266 e. The monoisotopic (exact) mass is 344 g/mol. The quantitative estimate of drug-likeness (QED) is 0.696. The van der Waals surface area contributed by atoms with Crippen LogP contribution in [0.5, 0.6) is 5.75 Å². The summed E-state index contributed by atoms with van der Waals surface area (Å²) in [5, 5.41) is 3.42. The van der Waals surface area contributed by atoms with Crippen LogP contribution < -0.4 is 10.1 Å². The van der Waals surface area contributed by atoms with Crippen molar-refractivity contribution in [1.82, 2.24) is 4.98 Å². The average molecular weight is 344 g/mol. The summed E-state index contributed by atoms with van der Waals surface area (Å²) in [7, 11) is 0. The Morgan fingerprint density at radius 2 is 2.04 bits per heavy atom. The van der Waals surface area contributed by atoms with Gasteiger partial charge >= 0.3 is 0 Å². The van der Waals surface area contributed by atoms with Crippen molar-refractivity contribution in [2.75, 3.05) is 11.6 Å². The summed E-state index contributed by atoms with van der Waals surface area (Å²) in [5.41, 5.74) is 0.889. The number of nitrogens with one attached hydrogen (secondary N) is 1. The van der Waals surface area contributed by atoms with Gasteiger partial charge < -0.3 is 4.74 Å². The molecule has 0 aliphatic rings. The molecule has 1 heterocycles. The molecule has 1 aromatic heterocycles. The van der Waals surface area contributed by atoms with Crippen molar-refractivity contribution in [3.63, 3.8) is 0 Å². The zero-order valence-electron chi connectivity index (χ0n) is 12.8. The maximum atomic E-state index is 12.2. The molecule has 0 aliphatic carbocycles. The SMILES string of the molecule is CSc1ccc2nc(NC(=O)C(C)Oc3ccccc3)sc2c1. The third kappa shape index (κ3) is 3.83. The molecular formula is C17H16N2O2S2. The zero-order valence-corrected chi connectivity index (χ0v) is 14.4. The number of anilines is 1. The summed E-state index contributed by atoms with van der Waals surface area (Å²) in [6.07, 6.45) is 1.44. The van der Waals surface area contributed by atoms with E-state index in [0.29, 0.717) is 10.9 Å². The van der Waals surface area contributed by atoms with E-state index in [-0.39, 0.29) is 5.91 Å². The van der Waals surface area contributed by atoms with Crippen LogP contribution in [0.2, 0.25) is 0 Å². The Morgan fingerprint density at radius 3 is 2.78 bits per heavy atom. The second-order valence-corrected chi connectivity index (χ2v) is 6.83. The van der Waals surface area contributed by atoms with Gasteiger partial charge in [-0.05, 0) is 43.5 Å². The highest BCUT2D eigenvalue weighted by atomic mass is 32.2. The number of thioether (sulfide) groups is 1. The third-order valence-electron chi connectivity index (χ3n) is 3.25. The summed E-state index contributed by atoms with van der Waals surface area (Å²) in [4.78, 5) is 17.9. The Morgan fingerprint density at radius 1 is 1.26 bits per heavy atom. The zero-order chi connectivity index (χ0) is 16.2. The van der Waals surface area contributed by atoms with E-state index < -0.39 is 6.10 Å². The second-order valence-electron chi connectivity index (χ2n) is 4.92. The lowest BCUT2D eigenvalue weighted by atomic mass is 10.3. The van der Waals surface area contributed by atoms with Gasteiger partial charge in [0, 0.05) is 4.90 Å². The Bertz CT molecular complexity index is 818. The van der Waals surface area contributed by atoms with Crippen LogP contribution in [-0.4, -0.2) is 23.3 Å². The molecule has 1 unspecified atom stereocenters. The highest BCUT2D eigenvalue weighted by Gasteiger charge is 2.16. The first-order chi connectivity index (χ1) is 11.2. The van der Waals surface area contributed by atoms with Crippen LogP contribution in [-0.2, 0) is 4.79 Å². The Labute approximate surface area is 142 Å². The minimum atomic E-state index is -0.592. The summed E-state index contributed by atoms with van der Waals surface area (Å²) < 4.78 is 6.68. The predicted molar refractivity (Wildman–Crippen MR) is 96.6 cm³/mol. The van der Waals surface area contributed by atoms with Crippen LogP contribution in [0.15, 0.2) is 53.4 Å². The number of carbonyl (C=O) groups excluding carboxylic acids is 1. The number of aromatic nitrogens is 1. The number of rotatable bonds is 5. The van der Waals surface area contributed by atoms with Crippen molar-refractivity contribution >= 4 is 44.4 Å². The molecule has 4 nitrogen and oxygen atoms in total. The van der Waals surface area contributed by atoms with Crippen LogP contribution in [0.1, 0.15) is 6.92 Å². The number of carbonyl (C=O) groups is 1. The normalized spacial score (nSPS) is 12.1. The Hall–Kier alpha value is -2.05. The van der Waals surface area contributed by atoms with Crippen molar-refractivity contribution in [3.8, 4) is 5.75 Å². The van der Waals surface area contributed by atoms with Gasteiger partial charge in [0.1, 0.15) is 5.75 Å². The first-order valence-corrected chi connectivity index (χ1v) is 9.17. The molecule has 23 heavy (non-hydrogen) atoms. The topological polar surface area (TPSA) is 51.2 Å². The number of amides is 1. The number of nitrogens with zero attached hydrogens (tertiary/aromatic N) is 1. The first-order valence-electron chi connectivity index (χ1n) is 7.13. The minimum Gasteiger partial charge on any atom is -0.481 e. The van der Waals surface area contributed by atoms with Crippen LogP contribution in [0.4, 0.5) is 5.13 Å². The summed E-state index contributed by atoms with van der Waals surface area (Å²) in [6.45, 7) is 1.72. The van der Waals surface area contributed by atoms with E-state index in [1.54, 1.807) is 18.7 Å². The molecule has 3 rings (SSSR count). The van der Waals surface area contributed by atoms with E-state index in [9.17, 15) is 4.79 Å². The molecule has 0 aliphatic heterocycles. The molecule has 3 aromatic rings. The van der Waals surface area contributed by atoms with E-state index in [1.807, 2.05) is 48.7 Å². The van der Waals surface area contributed by atoms with Gasteiger partial charge in [0.15, 0.2) is 11.2 Å². The van der Waals surface area contributed by atoms with Gasteiger partial charge in [-0.2, -0.15) is 0 Å². The fraction of sp³-hybridized carbons (Fsp3) is 0.176. The summed E-state index contributed by atoms with van der Waals surface area (Å²) >= 11 is 3.15. The number of thiazole rings is 1. The average Bonchev–Trinajstić information content (AvgIpc) is 2.96. The van der Waals surface area contributed by atoms with Crippen molar-refractivity contribution in [2.45, 2.75) is 17.9 Å². The number of ether oxygens (including phenoxy) is 1. The highest BCUT2D eigenvalue weighted by molar-refractivity contribution is 7.98. The molecule has 0 bridgehead atoms. The van der Waals surface area contributed by atoms with E-state index >= 15 is 0 Å². The molecule has 0 saturated heterocycles.